The molecule has 1 aliphatic carbocycles. The van der Waals surface area contributed by atoms with Crippen LogP contribution in [0.4, 0.5) is 0 Å². The molecule has 0 aliphatic heterocycles. The Labute approximate surface area is 107 Å². The third kappa shape index (κ3) is 2.57. The van der Waals surface area contributed by atoms with Crippen molar-refractivity contribution in [1.29, 1.82) is 0 Å². The lowest BCUT2D eigenvalue weighted by Gasteiger charge is -2.06. The molecule has 0 spiro atoms. The van der Waals surface area contributed by atoms with Crippen LogP contribution >= 0.6 is 0 Å². The van der Waals surface area contributed by atoms with Gasteiger partial charge in [0.1, 0.15) is 10.6 Å². The van der Waals surface area contributed by atoms with Gasteiger partial charge in [-0.2, -0.15) is 5.10 Å². The molecule has 0 saturated heterocycles. The molecule has 1 aromatic heterocycles. The third-order valence-electron chi connectivity index (χ3n) is 3.27. The highest BCUT2D eigenvalue weighted by molar-refractivity contribution is 7.89. The number of nitrogens with one attached hydrogen (secondary N) is 2. The second-order valence-electron chi connectivity index (χ2n) is 4.79. The van der Waals surface area contributed by atoms with Crippen molar-refractivity contribution in [3.63, 3.8) is 0 Å². The maximum atomic E-state index is 12.2. The topological polar surface area (TPSA) is 95.1 Å². The van der Waals surface area contributed by atoms with Gasteiger partial charge in [0, 0.05) is 6.04 Å². The minimum Gasteiger partial charge on any atom is -0.390 e. The predicted molar refractivity (Wildman–Crippen MR) is 66.4 cm³/mol. The van der Waals surface area contributed by atoms with Crippen molar-refractivity contribution >= 4 is 10.0 Å². The Kier molecular flexibility index (Phi) is 3.74. The number of aliphatic hydroxyl groups excluding tert-OH is 1. The molecule has 1 fully saturated rings. The number of H-pyrrole nitrogens is 1. The number of rotatable bonds is 6. The molecule has 1 aromatic rings. The summed E-state index contributed by atoms with van der Waals surface area (Å²) in [6, 6.07) is 0.0378. The quantitative estimate of drug-likeness (QED) is 0.710. The van der Waals surface area contributed by atoms with Crippen molar-refractivity contribution in [3.8, 4) is 0 Å². The number of aromatic nitrogens is 2. The molecule has 2 unspecified atom stereocenters. The molecule has 1 heterocycles. The van der Waals surface area contributed by atoms with E-state index < -0.39 is 10.0 Å². The zero-order chi connectivity index (χ0) is 13.3. The van der Waals surface area contributed by atoms with Gasteiger partial charge in [0.05, 0.1) is 12.3 Å². The Morgan fingerprint density at radius 2 is 2.28 bits per heavy atom. The van der Waals surface area contributed by atoms with E-state index in [0.717, 1.165) is 19.3 Å². The summed E-state index contributed by atoms with van der Waals surface area (Å²) in [6.07, 6.45) is 3.01. The summed E-state index contributed by atoms with van der Waals surface area (Å²) in [4.78, 5) is 0.0900. The number of hydrogen-bond donors (Lipinski definition) is 3. The van der Waals surface area contributed by atoms with Gasteiger partial charge in [-0.15, -0.1) is 0 Å². The van der Waals surface area contributed by atoms with Crippen molar-refractivity contribution in [2.45, 2.75) is 50.7 Å². The van der Waals surface area contributed by atoms with Gasteiger partial charge in [0.2, 0.25) is 10.0 Å². The Bertz CT molecular complexity index is 524. The van der Waals surface area contributed by atoms with Gasteiger partial charge in [0.25, 0.3) is 0 Å². The van der Waals surface area contributed by atoms with Crippen molar-refractivity contribution in [1.82, 2.24) is 14.9 Å². The second kappa shape index (κ2) is 4.99. The Hall–Kier alpha value is -0.920. The number of aliphatic hydroxyl groups is 1. The zero-order valence-electron chi connectivity index (χ0n) is 10.6. The molecule has 0 amide bonds. The highest BCUT2D eigenvalue weighted by atomic mass is 32.2. The Morgan fingerprint density at radius 3 is 2.89 bits per heavy atom. The predicted octanol–water partition coefficient (Wildman–Crippen LogP) is 0.677. The van der Waals surface area contributed by atoms with Crippen LogP contribution in [0.15, 0.2) is 4.90 Å². The molecule has 3 N–H and O–H groups in total. The first kappa shape index (κ1) is 13.5. The van der Waals surface area contributed by atoms with E-state index in [4.69, 9.17) is 5.11 Å². The van der Waals surface area contributed by atoms with Crippen LogP contribution in [0.25, 0.3) is 0 Å². The maximum absolute atomic E-state index is 12.2. The standard InChI is InChI=1S/C11H19N3O3S/c1-3-4-8-5-9(8)14-18(16,17)11-7(2)12-13-10(11)6-15/h8-9,14-15H,3-6H2,1-2H3,(H,12,13). The van der Waals surface area contributed by atoms with Crippen molar-refractivity contribution in [2.24, 2.45) is 5.92 Å². The molecule has 102 valence electrons. The fourth-order valence-electron chi connectivity index (χ4n) is 2.27. The van der Waals surface area contributed by atoms with E-state index in [-0.39, 0.29) is 23.2 Å². The van der Waals surface area contributed by atoms with Crippen LogP contribution in [0.2, 0.25) is 0 Å². The highest BCUT2D eigenvalue weighted by Crippen LogP contribution is 2.36. The van der Waals surface area contributed by atoms with E-state index in [1.165, 1.54) is 0 Å². The molecular weight excluding hydrogens is 254 g/mol. The van der Waals surface area contributed by atoms with Crippen molar-refractivity contribution in [2.75, 3.05) is 0 Å². The fourth-order valence-corrected chi connectivity index (χ4v) is 3.95. The summed E-state index contributed by atoms with van der Waals surface area (Å²) in [5.74, 6) is 0.453. The van der Waals surface area contributed by atoms with Gasteiger partial charge >= 0.3 is 0 Å². The number of aromatic amines is 1. The van der Waals surface area contributed by atoms with Crippen LogP contribution in [0.3, 0.4) is 0 Å². The monoisotopic (exact) mass is 273 g/mol. The van der Waals surface area contributed by atoms with Crippen molar-refractivity contribution in [3.05, 3.63) is 11.4 Å². The van der Waals surface area contributed by atoms with Crippen LogP contribution in [0.1, 0.15) is 37.6 Å². The molecule has 2 rings (SSSR count). The fraction of sp³-hybridized carbons (Fsp3) is 0.727. The summed E-state index contributed by atoms with van der Waals surface area (Å²) >= 11 is 0. The van der Waals surface area contributed by atoms with Crippen LogP contribution in [0, 0.1) is 12.8 Å². The lowest BCUT2D eigenvalue weighted by atomic mass is 10.2. The van der Waals surface area contributed by atoms with E-state index in [1.54, 1.807) is 6.92 Å². The molecule has 1 saturated carbocycles. The molecule has 7 heteroatoms. The first-order valence-corrected chi connectivity index (χ1v) is 7.65. The Morgan fingerprint density at radius 1 is 1.56 bits per heavy atom. The van der Waals surface area contributed by atoms with E-state index >= 15 is 0 Å². The lowest BCUT2D eigenvalue weighted by molar-refractivity contribution is 0.273. The van der Waals surface area contributed by atoms with Gasteiger partial charge in [-0.1, -0.05) is 13.3 Å². The van der Waals surface area contributed by atoms with Gasteiger partial charge in [-0.3, -0.25) is 5.10 Å². The number of nitrogens with zero attached hydrogens (tertiary/aromatic N) is 1. The van der Waals surface area contributed by atoms with E-state index in [1.807, 2.05) is 0 Å². The number of sulfonamides is 1. The van der Waals surface area contributed by atoms with E-state index in [2.05, 4.69) is 21.8 Å². The molecule has 2 atom stereocenters. The third-order valence-corrected chi connectivity index (χ3v) is 4.96. The first-order valence-electron chi connectivity index (χ1n) is 6.16. The number of aryl methyl sites for hydroxylation is 1. The molecule has 18 heavy (non-hydrogen) atoms. The average molecular weight is 273 g/mol. The normalized spacial score (nSPS) is 23.3. The molecular formula is C11H19N3O3S. The summed E-state index contributed by atoms with van der Waals surface area (Å²) in [5, 5.41) is 15.5. The van der Waals surface area contributed by atoms with E-state index in [0.29, 0.717) is 11.6 Å². The first-order chi connectivity index (χ1) is 8.49. The summed E-state index contributed by atoms with van der Waals surface area (Å²) in [7, 11) is -3.58. The van der Waals surface area contributed by atoms with Crippen LogP contribution in [0.5, 0.6) is 0 Å². The van der Waals surface area contributed by atoms with Gasteiger partial charge in [-0.05, 0) is 25.7 Å². The summed E-state index contributed by atoms with van der Waals surface area (Å²) in [6.45, 7) is 3.34. The highest BCUT2D eigenvalue weighted by Gasteiger charge is 2.40. The van der Waals surface area contributed by atoms with Gasteiger partial charge < -0.3 is 5.11 Å². The number of hydrogen-bond acceptors (Lipinski definition) is 4. The van der Waals surface area contributed by atoms with Crippen molar-refractivity contribution < 1.29 is 13.5 Å². The average Bonchev–Trinajstić information content (AvgIpc) is 2.88. The SMILES string of the molecule is CCCC1CC1NS(=O)(=O)c1c(CO)n[nH]c1C. The molecule has 0 bridgehead atoms. The van der Waals surface area contributed by atoms with Crippen LogP contribution < -0.4 is 4.72 Å². The lowest BCUT2D eigenvalue weighted by Crippen LogP contribution is -2.28. The smallest absolute Gasteiger partial charge is 0.244 e. The summed E-state index contributed by atoms with van der Waals surface area (Å²) in [5.41, 5.74) is 0.631. The van der Waals surface area contributed by atoms with Gasteiger partial charge in [0.15, 0.2) is 0 Å². The molecule has 0 aromatic carbocycles. The zero-order valence-corrected chi connectivity index (χ0v) is 11.4. The van der Waals surface area contributed by atoms with Gasteiger partial charge in [-0.25, -0.2) is 13.1 Å². The second-order valence-corrected chi connectivity index (χ2v) is 6.45. The Balaban J connectivity index is 2.14. The summed E-state index contributed by atoms with van der Waals surface area (Å²) < 4.78 is 27.1. The maximum Gasteiger partial charge on any atom is 0.244 e. The molecule has 6 nitrogen and oxygen atoms in total. The minimum atomic E-state index is -3.58. The molecule has 0 radical (unpaired) electrons. The molecule has 1 aliphatic rings. The van der Waals surface area contributed by atoms with Crippen LogP contribution in [-0.4, -0.2) is 29.8 Å². The van der Waals surface area contributed by atoms with E-state index in [9.17, 15) is 8.42 Å². The minimum absolute atomic E-state index is 0.0378. The van der Waals surface area contributed by atoms with Crippen LogP contribution in [-0.2, 0) is 16.6 Å². The largest absolute Gasteiger partial charge is 0.390 e.